The molecule has 1 heterocycles. The maximum absolute atomic E-state index is 12.9. The molecule has 1 aromatic heterocycles. The lowest BCUT2D eigenvalue weighted by atomic mass is 10.1. The van der Waals surface area contributed by atoms with Gasteiger partial charge in [0.25, 0.3) is 5.95 Å². The average Bonchev–Trinajstić information content (AvgIpc) is 3.10. The van der Waals surface area contributed by atoms with E-state index in [1.807, 2.05) is 37.3 Å². The maximum atomic E-state index is 12.9. The molecule has 0 atom stereocenters. The number of hydrazone groups is 1. The third kappa shape index (κ3) is 5.79. The van der Waals surface area contributed by atoms with E-state index in [-0.39, 0.29) is 23.4 Å². The number of amides is 1. The molecule has 3 aromatic rings. The molecule has 0 fully saturated rings. The molecule has 150 valence electrons. The number of nitrogen functional groups attached to an aromatic ring is 1. The van der Waals surface area contributed by atoms with Crippen LogP contribution in [0.2, 0.25) is 0 Å². The molecule has 0 unspecified atom stereocenters. The number of nitrogens with one attached hydrogen (secondary N) is 2. The largest absolute Gasteiger partial charge is 0.351 e. The van der Waals surface area contributed by atoms with Crippen molar-refractivity contribution in [3.63, 3.8) is 0 Å². The first-order valence-electron chi connectivity index (χ1n) is 8.73. The van der Waals surface area contributed by atoms with Gasteiger partial charge in [0.1, 0.15) is 5.82 Å². The van der Waals surface area contributed by atoms with Gasteiger partial charge in [-0.1, -0.05) is 54.2 Å². The molecule has 8 nitrogen and oxygen atoms in total. The zero-order chi connectivity index (χ0) is 20.6. The highest BCUT2D eigenvalue weighted by molar-refractivity contribution is 7.99. The van der Waals surface area contributed by atoms with Crippen molar-refractivity contribution in [1.29, 1.82) is 0 Å². The molecule has 3 rings (SSSR count). The number of nitrogens with zero attached hydrogens (tertiary/aromatic N) is 4. The third-order valence-corrected chi connectivity index (χ3v) is 4.86. The Balaban J connectivity index is 1.50. The van der Waals surface area contributed by atoms with Crippen molar-refractivity contribution >= 4 is 29.3 Å². The molecular formula is C19H20FN7OS. The second kappa shape index (κ2) is 9.69. The Labute approximate surface area is 171 Å². The molecule has 0 saturated heterocycles. The number of aromatic nitrogens is 3. The average molecular weight is 413 g/mol. The summed E-state index contributed by atoms with van der Waals surface area (Å²) < 4.78 is 14.1. The number of benzene rings is 2. The molecule has 2 aromatic carbocycles. The number of carbonyl (C=O) groups is 1. The van der Waals surface area contributed by atoms with Crippen LogP contribution in [-0.4, -0.2) is 32.2 Å². The minimum atomic E-state index is -0.314. The normalized spacial score (nSPS) is 11.3. The predicted octanol–water partition coefficient (Wildman–Crippen LogP) is 2.38. The number of hydrogen-bond donors (Lipinski definition) is 3. The molecule has 0 aliphatic carbocycles. The minimum absolute atomic E-state index is 0.114. The van der Waals surface area contributed by atoms with Crippen molar-refractivity contribution in [3.05, 3.63) is 71.5 Å². The highest BCUT2D eigenvalue weighted by atomic mass is 32.2. The lowest BCUT2D eigenvalue weighted by Crippen LogP contribution is -2.25. The van der Waals surface area contributed by atoms with Gasteiger partial charge >= 0.3 is 0 Å². The number of rotatable bonds is 8. The van der Waals surface area contributed by atoms with E-state index in [2.05, 4.69) is 26.0 Å². The molecule has 0 saturated carbocycles. The zero-order valence-electron chi connectivity index (χ0n) is 15.7. The first-order chi connectivity index (χ1) is 14.0. The summed E-state index contributed by atoms with van der Waals surface area (Å²) in [5.41, 5.74) is 5.32. The number of halogens is 1. The topological polar surface area (TPSA) is 110 Å². The SMILES string of the molecule is C/C(=N\Nc1nnc(SCC(=O)NCc2ccc(F)cc2)n1N)c1ccccc1. The minimum Gasteiger partial charge on any atom is -0.351 e. The van der Waals surface area contributed by atoms with Crippen molar-refractivity contribution in [2.75, 3.05) is 17.0 Å². The number of nitrogens with two attached hydrogens (primary N) is 1. The van der Waals surface area contributed by atoms with Crippen LogP contribution in [0.1, 0.15) is 18.1 Å². The van der Waals surface area contributed by atoms with Crippen LogP contribution in [0, 0.1) is 5.82 Å². The quantitative estimate of drug-likeness (QED) is 0.226. The highest BCUT2D eigenvalue weighted by Crippen LogP contribution is 2.16. The van der Waals surface area contributed by atoms with Gasteiger partial charge < -0.3 is 11.2 Å². The lowest BCUT2D eigenvalue weighted by Gasteiger charge is -2.06. The number of hydrogen-bond acceptors (Lipinski definition) is 7. The first kappa shape index (κ1) is 20.3. The van der Waals surface area contributed by atoms with Crippen LogP contribution in [0.3, 0.4) is 0 Å². The summed E-state index contributed by atoms with van der Waals surface area (Å²) in [5, 5.41) is 15.3. The predicted molar refractivity (Wildman–Crippen MR) is 111 cm³/mol. The molecule has 0 aliphatic heterocycles. The molecular weight excluding hydrogens is 393 g/mol. The van der Waals surface area contributed by atoms with E-state index in [1.165, 1.54) is 16.8 Å². The van der Waals surface area contributed by atoms with Crippen molar-refractivity contribution in [1.82, 2.24) is 20.2 Å². The Morgan fingerprint density at radius 2 is 1.90 bits per heavy atom. The van der Waals surface area contributed by atoms with Gasteiger partial charge in [-0.25, -0.2) is 14.5 Å². The maximum Gasteiger partial charge on any atom is 0.264 e. The molecule has 0 spiro atoms. The summed E-state index contributed by atoms with van der Waals surface area (Å²) in [6, 6.07) is 15.6. The second-order valence-corrected chi connectivity index (χ2v) is 6.99. The van der Waals surface area contributed by atoms with Gasteiger partial charge in [-0.15, -0.1) is 10.2 Å². The van der Waals surface area contributed by atoms with Crippen LogP contribution < -0.4 is 16.6 Å². The fourth-order valence-electron chi connectivity index (χ4n) is 2.31. The molecule has 1 amide bonds. The summed E-state index contributed by atoms with van der Waals surface area (Å²) >= 11 is 1.15. The number of carbonyl (C=O) groups excluding carboxylic acids is 1. The molecule has 29 heavy (non-hydrogen) atoms. The van der Waals surface area contributed by atoms with Crippen molar-refractivity contribution in [2.24, 2.45) is 5.10 Å². The Morgan fingerprint density at radius 1 is 1.17 bits per heavy atom. The Morgan fingerprint density at radius 3 is 2.62 bits per heavy atom. The summed E-state index contributed by atoms with van der Waals surface area (Å²) in [6.07, 6.45) is 0. The number of anilines is 1. The van der Waals surface area contributed by atoms with Crippen LogP contribution in [0.5, 0.6) is 0 Å². The third-order valence-electron chi connectivity index (χ3n) is 3.92. The zero-order valence-corrected chi connectivity index (χ0v) is 16.5. The first-order valence-corrected chi connectivity index (χ1v) is 9.71. The van der Waals surface area contributed by atoms with Crippen LogP contribution >= 0.6 is 11.8 Å². The Kier molecular flexibility index (Phi) is 6.80. The van der Waals surface area contributed by atoms with E-state index in [9.17, 15) is 9.18 Å². The summed E-state index contributed by atoms with van der Waals surface area (Å²) in [5.74, 6) is 5.82. The molecule has 0 radical (unpaired) electrons. The number of thioether (sulfide) groups is 1. The standard InChI is InChI=1S/C19H20FN7OS/c1-13(15-5-3-2-4-6-15)23-24-18-25-26-19(27(18)21)29-12-17(28)22-11-14-7-9-16(20)10-8-14/h2-10H,11-12,21H2,1H3,(H,22,28)(H,24,25)/b23-13+. The van der Waals surface area contributed by atoms with E-state index in [0.29, 0.717) is 11.7 Å². The van der Waals surface area contributed by atoms with Crippen LogP contribution in [0.15, 0.2) is 64.9 Å². The Bertz CT molecular complexity index is 990. The van der Waals surface area contributed by atoms with Crippen LogP contribution in [0.4, 0.5) is 10.3 Å². The molecule has 0 bridgehead atoms. The van der Waals surface area contributed by atoms with Crippen LogP contribution in [0.25, 0.3) is 0 Å². The van der Waals surface area contributed by atoms with Gasteiger partial charge in [0.15, 0.2) is 0 Å². The fraction of sp³-hybridized carbons (Fsp3) is 0.158. The second-order valence-electron chi connectivity index (χ2n) is 6.04. The van der Waals surface area contributed by atoms with E-state index in [4.69, 9.17) is 5.84 Å². The lowest BCUT2D eigenvalue weighted by molar-refractivity contribution is -0.118. The fourth-order valence-corrected chi connectivity index (χ4v) is 3.00. The molecule has 4 N–H and O–H groups in total. The van der Waals surface area contributed by atoms with E-state index in [0.717, 1.165) is 28.6 Å². The van der Waals surface area contributed by atoms with E-state index < -0.39 is 0 Å². The Hall–Kier alpha value is -3.40. The van der Waals surface area contributed by atoms with Gasteiger partial charge in [0.2, 0.25) is 11.1 Å². The summed E-state index contributed by atoms with van der Waals surface area (Å²) in [6.45, 7) is 2.18. The summed E-state index contributed by atoms with van der Waals surface area (Å²) in [7, 11) is 0. The van der Waals surface area contributed by atoms with Crippen molar-refractivity contribution in [3.8, 4) is 0 Å². The summed E-state index contributed by atoms with van der Waals surface area (Å²) in [4.78, 5) is 12.0. The van der Waals surface area contributed by atoms with E-state index >= 15 is 0 Å². The van der Waals surface area contributed by atoms with Gasteiger partial charge in [0, 0.05) is 6.54 Å². The molecule has 0 aliphatic rings. The van der Waals surface area contributed by atoms with Gasteiger partial charge in [-0.05, 0) is 30.2 Å². The smallest absolute Gasteiger partial charge is 0.264 e. The van der Waals surface area contributed by atoms with Gasteiger partial charge in [-0.3, -0.25) is 4.79 Å². The van der Waals surface area contributed by atoms with Crippen molar-refractivity contribution < 1.29 is 9.18 Å². The highest BCUT2D eigenvalue weighted by Gasteiger charge is 2.12. The van der Waals surface area contributed by atoms with Gasteiger partial charge in [0.05, 0.1) is 11.5 Å². The van der Waals surface area contributed by atoms with E-state index in [1.54, 1.807) is 12.1 Å². The van der Waals surface area contributed by atoms with Crippen LogP contribution in [-0.2, 0) is 11.3 Å². The monoisotopic (exact) mass is 413 g/mol. The van der Waals surface area contributed by atoms with Gasteiger partial charge in [-0.2, -0.15) is 5.10 Å². The van der Waals surface area contributed by atoms with Crippen molar-refractivity contribution in [2.45, 2.75) is 18.6 Å². The molecule has 10 heteroatoms.